The first-order valence-electron chi connectivity index (χ1n) is 13.1. The zero-order valence-corrected chi connectivity index (χ0v) is 24.5. The van der Waals surface area contributed by atoms with E-state index >= 15 is 0 Å². The first-order valence-corrected chi connectivity index (χ1v) is 14.5. The van der Waals surface area contributed by atoms with Crippen LogP contribution in [-0.2, 0) is 26.2 Å². The molecule has 0 bridgehead atoms. The number of benzene rings is 3. The molecule has 0 aliphatic heterocycles. The summed E-state index contributed by atoms with van der Waals surface area (Å²) < 4.78 is 61.1. The predicted octanol–water partition coefficient (Wildman–Crippen LogP) is 4.89. The molecule has 1 N–H and O–H groups in total. The van der Waals surface area contributed by atoms with Crippen LogP contribution in [0.15, 0.2) is 77.7 Å². The molecule has 0 spiro atoms. The normalized spacial score (nSPS) is 12.4. The second-order valence-corrected chi connectivity index (χ2v) is 12.3. The lowest BCUT2D eigenvalue weighted by Crippen LogP contribution is -2.54. The minimum atomic E-state index is -4.35. The SMILES string of the molecule is CCOc1ccc(N(CC(=O)N(Cc2ccc(F)cc2)C(C)C(=O)NC(C)(C)C)S(=O)(=O)c2ccc(F)cc2)cc1. The Hall–Kier alpha value is -3.99. The molecule has 11 heteroatoms. The van der Waals surface area contributed by atoms with E-state index in [0.717, 1.165) is 28.6 Å². The van der Waals surface area contributed by atoms with Crippen LogP contribution >= 0.6 is 0 Å². The van der Waals surface area contributed by atoms with Crippen LogP contribution < -0.4 is 14.4 Å². The van der Waals surface area contributed by atoms with E-state index in [-0.39, 0.29) is 17.1 Å². The average Bonchev–Trinajstić information content (AvgIpc) is 2.91. The van der Waals surface area contributed by atoms with Crippen LogP contribution in [0.4, 0.5) is 14.5 Å². The largest absolute Gasteiger partial charge is 0.494 e. The maximum atomic E-state index is 13.9. The van der Waals surface area contributed by atoms with Crippen LogP contribution in [0, 0.1) is 11.6 Å². The van der Waals surface area contributed by atoms with Gasteiger partial charge >= 0.3 is 0 Å². The highest BCUT2D eigenvalue weighted by Crippen LogP contribution is 2.27. The third-order valence-electron chi connectivity index (χ3n) is 6.05. The zero-order valence-electron chi connectivity index (χ0n) is 23.7. The summed E-state index contributed by atoms with van der Waals surface area (Å²) in [4.78, 5) is 28.0. The molecule has 0 saturated heterocycles. The van der Waals surface area contributed by atoms with Gasteiger partial charge in [-0.1, -0.05) is 12.1 Å². The molecule has 41 heavy (non-hydrogen) atoms. The van der Waals surface area contributed by atoms with E-state index < -0.39 is 51.6 Å². The topological polar surface area (TPSA) is 96.0 Å². The van der Waals surface area contributed by atoms with E-state index in [4.69, 9.17) is 4.74 Å². The average molecular weight is 588 g/mol. The molecule has 0 fully saturated rings. The molecule has 0 aliphatic rings. The smallest absolute Gasteiger partial charge is 0.264 e. The number of halogens is 2. The molecule has 0 saturated carbocycles. The van der Waals surface area contributed by atoms with Crippen molar-refractivity contribution in [2.75, 3.05) is 17.5 Å². The van der Waals surface area contributed by atoms with Crippen LogP contribution in [0.1, 0.15) is 40.2 Å². The van der Waals surface area contributed by atoms with Gasteiger partial charge in [0.2, 0.25) is 11.8 Å². The molecule has 0 heterocycles. The Morgan fingerprint density at radius 1 is 0.902 bits per heavy atom. The van der Waals surface area contributed by atoms with Gasteiger partial charge < -0.3 is 15.0 Å². The Morgan fingerprint density at radius 2 is 1.44 bits per heavy atom. The van der Waals surface area contributed by atoms with Crippen molar-refractivity contribution in [1.29, 1.82) is 0 Å². The lowest BCUT2D eigenvalue weighted by atomic mass is 10.1. The van der Waals surface area contributed by atoms with Gasteiger partial charge in [-0.3, -0.25) is 13.9 Å². The Balaban J connectivity index is 2.03. The molecule has 1 atom stereocenters. The van der Waals surface area contributed by atoms with E-state index in [0.29, 0.717) is 17.9 Å². The summed E-state index contributed by atoms with van der Waals surface area (Å²) in [5.74, 6) is -1.69. The van der Waals surface area contributed by atoms with Crippen molar-refractivity contribution in [3.63, 3.8) is 0 Å². The number of carbonyl (C=O) groups is 2. The Kier molecular flexibility index (Phi) is 10.1. The monoisotopic (exact) mass is 587 g/mol. The number of rotatable bonds is 11. The molecule has 3 aromatic carbocycles. The quantitative estimate of drug-likeness (QED) is 0.345. The number of nitrogens with zero attached hydrogens (tertiary/aromatic N) is 2. The van der Waals surface area contributed by atoms with Crippen LogP contribution in [0.5, 0.6) is 5.75 Å². The van der Waals surface area contributed by atoms with Crippen LogP contribution in [0.2, 0.25) is 0 Å². The van der Waals surface area contributed by atoms with Gasteiger partial charge in [-0.25, -0.2) is 17.2 Å². The maximum Gasteiger partial charge on any atom is 0.264 e. The number of ether oxygens (including phenoxy) is 1. The molecule has 3 rings (SSSR count). The van der Waals surface area contributed by atoms with E-state index in [1.807, 2.05) is 6.92 Å². The Labute approximate surface area is 240 Å². The predicted molar refractivity (Wildman–Crippen MR) is 153 cm³/mol. The number of hydrogen-bond acceptors (Lipinski definition) is 5. The number of anilines is 1. The van der Waals surface area contributed by atoms with Gasteiger partial charge in [0, 0.05) is 12.1 Å². The highest BCUT2D eigenvalue weighted by atomic mass is 32.2. The first kappa shape index (κ1) is 31.5. The maximum absolute atomic E-state index is 13.9. The van der Waals surface area contributed by atoms with Crippen molar-refractivity contribution < 1.29 is 31.5 Å². The van der Waals surface area contributed by atoms with E-state index in [1.165, 1.54) is 48.2 Å². The van der Waals surface area contributed by atoms with E-state index in [1.54, 1.807) is 32.9 Å². The number of sulfonamides is 1. The molecule has 0 aliphatic carbocycles. The summed E-state index contributed by atoms with van der Waals surface area (Å²) in [7, 11) is -4.35. The van der Waals surface area contributed by atoms with Crippen LogP contribution in [-0.4, -0.2) is 49.9 Å². The van der Waals surface area contributed by atoms with Gasteiger partial charge in [-0.05, 0) is 101 Å². The van der Waals surface area contributed by atoms with Crippen molar-refractivity contribution in [3.8, 4) is 5.75 Å². The first-order chi connectivity index (χ1) is 19.2. The van der Waals surface area contributed by atoms with Gasteiger partial charge in [0.1, 0.15) is 30.0 Å². The highest BCUT2D eigenvalue weighted by molar-refractivity contribution is 7.92. The summed E-state index contributed by atoms with van der Waals surface area (Å²) in [6, 6.07) is 14.9. The number of hydrogen-bond donors (Lipinski definition) is 1. The lowest BCUT2D eigenvalue weighted by molar-refractivity contribution is -0.140. The molecule has 3 aromatic rings. The molecule has 1 unspecified atom stereocenters. The second-order valence-electron chi connectivity index (χ2n) is 10.5. The summed E-state index contributed by atoms with van der Waals surface area (Å²) >= 11 is 0. The molecule has 0 radical (unpaired) electrons. The van der Waals surface area contributed by atoms with Gasteiger partial charge in [-0.2, -0.15) is 0 Å². The third kappa shape index (κ3) is 8.50. The Morgan fingerprint density at radius 3 is 1.95 bits per heavy atom. The molecule has 2 amide bonds. The van der Waals surface area contributed by atoms with E-state index in [9.17, 15) is 26.8 Å². The number of carbonyl (C=O) groups excluding carboxylic acids is 2. The fraction of sp³-hybridized carbons (Fsp3) is 0.333. The summed E-state index contributed by atoms with van der Waals surface area (Å²) in [6.07, 6.45) is 0. The minimum absolute atomic E-state index is 0.0778. The molecule has 8 nitrogen and oxygen atoms in total. The van der Waals surface area contributed by atoms with Gasteiger partial charge in [0.15, 0.2) is 0 Å². The fourth-order valence-corrected chi connectivity index (χ4v) is 5.40. The van der Waals surface area contributed by atoms with Crippen molar-refractivity contribution in [2.24, 2.45) is 0 Å². The van der Waals surface area contributed by atoms with E-state index in [2.05, 4.69) is 5.32 Å². The number of nitrogens with one attached hydrogen (secondary N) is 1. The zero-order chi connectivity index (χ0) is 30.4. The second kappa shape index (κ2) is 13.1. The van der Waals surface area contributed by atoms with Crippen molar-refractivity contribution in [3.05, 3.63) is 90.0 Å². The standard InChI is InChI=1S/C30H35F2N3O5S/c1-6-40-26-15-13-25(14-16-26)35(41(38,39)27-17-11-24(32)12-18-27)20-28(36)34(19-22-7-9-23(31)10-8-22)21(2)29(37)33-30(3,4)5/h7-18,21H,6,19-20H2,1-5H3,(H,33,37). The molecule has 0 aromatic heterocycles. The number of amides is 2. The molecular formula is C30H35F2N3O5S. The lowest BCUT2D eigenvalue weighted by Gasteiger charge is -2.33. The Bertz CT molecular complexity index is 1440. The highest BCUT2D eigenvalue weighted by Gasteiger charge is 2.33. The van der Waals surface area contributed by atoms with Crippen molar-refractivity contribution >= 4 is 27.5 Å². The van der Waals surface area contributed by atoms with Gasteiger partial charge in [0.05, 0.1) is 17.2 Å². The summed E-state index contributed by atoms with van der Waals surface area (Å²) in [5, 5.41) is 2.84. The summed E-state index contributed by atoms with van der Waals surface area (Å²) in [6.45, 7) is 8.41. The van der Waals surface area contributed by atoms with Crippen molar-refractivity contribution in [1.82, 2.24) is 10.2 Å². The van der Waals surface area contributed by atoms with Crippen LogP contribution in [0.25, 0.3) is 0 Å². The fourth-order valence-electron chi connectivity index (χ4n) is 3.98. The van der Waals surface area contributed by atoms with Gasteiger partial charge in [0.25, 0.3) is 10.0 Å². The van der Waals surface area contributed by atoms with Crippen LogP contribution in [0.3, 0.4) is 0 Å². The van der Waals surface area contributed by atoms with Gasteiger partial charge in [-0.15, -0.1) is 0 Å². The third-order valence-corrected chi connectivity index (χ3v) is 7.84. The summed E-state index contributed by atoms with van der Waals surface area (Å²) in [5.41, 5.74) is 0.125. The molecular weight excluding hydrogens is 552 g/mol. The molecule has 220 valence electrons. The minimum Gasteiger partial charge on any atom is -0.494 e. The van der Waals surface area contributed by atoms with Crippen molar-refractivity contribution in [2.45, 2.75) is 57.6 Å².